The van der Waals surface area contributed by atoms with Gasteiger partial charge >= 0.3 is 0 Å². The van der Waals surface area contributed by atoms with Gasteiger partial charge in [0.25, 0.3) is 0 Å². The normalized spacial score (nSPS) is 26.8. The maximum atomic E-state index is 10.9. The van der Waals surface area contributed by atoms with Crippen molar-refractivity contribution in [1.82, 2.24) is 0 Å². The Bertz CT molecular complexity index is 349. The third-order valence-electron chi connectivity index (χ3n) is 1.46. The SMILES string of the molecule is O=P1([O-])COc2ccccc2O1. The van der Waals surface area contributed by atoms with Crippen molar-refractivity contribution < 1.29 is 18.7 Å². The second-order valence-electron chi connectivity index (χ2n) is 2.42. The molecule has 2 rings (SSSR count). The molecule has 0 spiro atoms. The third-order valence-corrected chi connectivity index (χ3v) is 2.38. The zero-order valence-corrected chi connectivity index (χ0v) is 6.99. The van der Waals surface area contributed by atoms with Crippen molar-refractivity contribution in [1.29, 1.82) is 0 Å². The fraction of sp³-hybridized carbons (Fsp3) is 0.143. The molecule has 1 heterocycles. The molecule has 0 aliphatic carbocycles. The van der Waals surface area contributed by atoms with E-state index in [0.717, 1.165) is 0 Å². The second-order valence-corrected chi connectivity index (χ2v) is 4.08. The zero-order chi connectivity index (χ0) is 8.60. The fourth-order valence-corrected chi connectivity index (χ4v) is 1.77. The Kier molecular flexibility index (Phi) is 1.60. The smallest absolute Gasteiger partial charge is 0.221 e. The summed E-state index contributed by atoms with van der Waals surface area (Å²) in [6, 6.07) is 6.66. The van der Waals surface area contributed by atoms with Gasteiger partial charge in [-0.1, -0.05) is 12.1 Å². The number of hydrogen-bond acceptors (Lipinski definition) is 4. The van der Waals surface area contributed by atoms with Crippen LogP contribution in [0.1, 0.15) is 0 Å². The Morgan fingerprint density at radius 3 is 2.75 bits per heavy atom. The van der Waals surface area contributed by atoms with E-state index in [1.165, 1.54) is 0 Å². The third kappa shape index (κ3) is 1.31. The van der Waals surface area contributed by atoms with Crippen molar-refractivity contribution >= 4 is 7.60 Å². The van der Waals surface area contributed by atoms with Crippen molar-refractivity contribution in [3.05, 3.63) is 24.3 Å². The lowest BCUT2D eigenvalue weighted by Gasteiger charge is -2.29. The maximum absolute atomic E-state index is 10.9. The van der Waals surface area contributed by atoms with Gasteiger partial charge in [0.1, 0.15) is 0 Å². The highest BCUT2D eigenvalue weighted by molar-refractivity contribution is 7.51. The van der Waals surface area contributed by atoms with Crippen molar-refractivity contribution in [3.8, 4) is 11.5 Å². The van der Waals surface area contributed by atoms with Gasteiger partial charge in [-0.15, -0.1) is 0 Å². The summed E-state index contributed by atoms with van der Waals surface area (Å²) >= 11 is 0. The van der Waals surface area contributed by atoms with Crippen molar-refractivity contribution in [2.75, 3.05) is 6.35 Å². The summed E-state index contributed by atoms with van der Waals surface area (Å²) in [7, 11) is -3.79. The molecule has 1 aliphatic heterocycles. The summed E-state index contributed by atoms with van der Waals surface area (Å²) in [5.41, 5.74) is 0. The number of hydrogen-bond donors (Lipinski definition) is 0. The Balaban J connectivity index is 2.42. The van der Waals surface area contributed by atoms with Crippen molar-refractivity contribution in [3.63, 3.8) is 0 Å². The van der Waals surface area contributed by atoms with Crippen LogP contribution < -0.4 is 14.2 Å². The van der Waals surface area contributed by atoms with Gasteiger partial charge in [-0.05, 0) is 12.1 Å². The number of para-hydroxylation sites is 2. The minimum absolute atomic E-state index is 0.266. The van der Waals surface area contributed by atoms with Crippen LogP contribution in [0.5, 0.6) is 11.5 Å². The number of ether oxygens (including phenoxy) is 1. The average Bonchev–Trinajstić information content (AvgIpc) is 2.02. The first-order valence-electron chi connectivity index (χ1n) is 3.39. The first-order chi connectivity index (χ1) is 5.67. The van der Waals surface area contributed by atoms with Crippen molar-refractivity contribution in [2.24, 2.45) is 0 Å². The minimum atomic E-state index is -3.79. The molecule has 1 atom stereocenters. The van der Waals surface area contributed by atoms with Crippen LogP contribution in [-0.2, 0) is 4.57 Å². The molecular weight excluding hydrogens is 179 g/mol. The van der Waals surface area contributed by atoms with Crippen molar-refractivity contribution in [2.45, 2.75) is 0 Å². The topological polar surface area (TPSA) is 58.6 Å². The molecule has 0 saturated heterocycles. The Hall–Kier alpha value is -0.990. The summed E-state index contributed by atoms with van der Waals surface area (Å²) in [5.74, 6) is 0.738. The van der Waals surface area contributed by atoms with E-state index in [1.54, 1.807) is 24.3 Å². The van der Waals surface area contributed by atoms with Gasteiger partial charge in [0.05, 0.1) is 0 Å². The van der Waals surface area contributed by atoms with Gasteiger partial charge in [-0.25, -0.2) is 0 Å². The predicted octanol–water partition coefficient (Wildman–Crippen LogP) is 0.969. The van der Waals surface area contributed by atoms with E-state index in [0.29, 0.717) is 5.75 Å². The summed E-state index contributed by atoms with van der Waals surface area (Å²) in [4.78, 5) is 10.9. The second kappa shape index (κ2) is 2.51. The number of benzene rings is 1. The molecular formula is C7H6O4P-. The first-order valence-corrected chi connectivity index (χ1v) is 5.12. The molecule has 0 aromatic heterocycles. The summed E-state index contributed by atoms with van der Waals surface area (Å²) in [6.07, 6.45) is -0.385. The van der Waals surface area contributed by atoms with Gasteiger partial charge in [-0.2, -0.15) is 0 Å². The molecule has 64 valence electrons. The Morgan fingerprint density at radius 2 is 2.00 bits per heavy atom. The molecule has 0 saturated carbocycles. The van der Waals surface area contributed by atoms with Crippen LogP contribution in [-0.4, -0.2) is 6.35 Å². The molecule has 0 amide bonds. The van der Waals surface area contributed by atoms with E-state index in [-0.39, 0.29) is 12.1 Å². The van der Waals surface area contributed by atoms with Crippen LogP contribution in [0, 0.1) is 0 Å². The van der Waals surface area contributed by atoms with Gasteiger partial charge < -0.3 is 14.2 Å². The molecule has 0 radical (unpaired) electrons. The molecule has 5 heteroatoms. The van der Waals surface area contributed by atoms with Gasteiger partial charge in [0.2, 0.25) is 7.60 Å². The van der Waals surface area contributed by atoms with E-state index < -0.39 is 7.60 Å². The van der Waals surface area contributed by atoms with E-state index in [9.17, 15) is 9.46 Å². The molecule has 1 aromatic rings. The van der Waals surface area contributed by atoms with Crippen LogP contribution in [0.15, 0.2) is 24.3 Å². The zero-order valence-electron chi connectivity index (χ0n) is 6.10. The van der Waals surface area contributed by atoms with Gasteiger partial charge in [0, 0.05) is 0 Å². The number of fused-ring (bicyclic) bond motifs is 1. The van der Waals surface area contributed by atoms with Gasteiger partial charge in [0.15, 0.2) is 17.8 Å². The maximum Gasteiger partial charge on any atom is 0.221 e. The van der Waals surface area contributed by atoms with Crippen LogP contribution in [0.25, 0.3) is 0 Å². The fourth-order valence-electron chi connectivity index (χ4n) is 0.970. The van der Waals surface area contributed by atoms with Crippen LogP contribution >= 0.6 is 7.60 Å². The van der Waals surface area contributed by atoms with Gasteiger partial charge in [-0.3, -0.25) is 4.57 Å². The Morgan fingerprint density at radius 1 is 1.33 bits per heavy atom. The van der Waals surface area contributed by atoms with Crippen LogP contribution in [0.4, 0.5) is 0 Å². The van der Waals surface area contributed by atoms with E-state index >= 15 is 0 Å². The molecule has 1 unspecified atom stereocenters. The van der Waals surface area contributed by atoms with Crippen LogP contribution in [0.2, 0.25) is 0 Å². The van der Waals surface area contributed by atoms with E-state index in [4.69, 9.17) is 9.26 Å². The monoisotopic (exact) mass is 185 g/mol. The first kappa shape index (κ1) is 7.65. The molecule has 12 heavy (non-hydrogen) atoms. The largest absolute Gasteiger partial charge is 0.767 e. The average molecular weight is 185 g/mol. The predicted molar refractivity (Wildman–Crippen MR) is 40.2 cm³/mol. The summed E-state index contributed by atoms with van der Waals surface area (Å²) in [5, 5.41) is 0. The van der Waals surface area contributed by atoms with E-state index in [2.05, 4.69) is 0 Å². The molecule has 0 N–H and O–H groups in total. The summed E-state index contributed by atoms with van der Waals surface area (Å²) < 4.78 is 20.5. The highest BCUT2D eigenvalue weighted by Gasteiger charge is 2.20. The minimum Gasteiger partial charge on any atom is -0.767 e. The summed E-state index contributed by atoms with van der Waals surface area (Å²) in [6.45, 7) is 0. The highest BCUT2D eigenvalue weighted by Crippen LogP contribution is 2.46. The molecule has 4 nitrogen and oxygen atoms in total. The molecule has 0 bridgehead atoms. The highest BCUT2D eigenvalue weighted by atomic mass is 31.2. The standard InChI is InChI=1S/C7H7O4P/c8-12(9)5-10-6-3-1-2-4-7(6)11-12/h1-4H,5H2,(H,8,9)/p-1. The lowest BCUT2D eigenvalue weighted by atomic mass is 10.3. The lowest BCUT2D eigenvalue weighted by molar-refractivity contribution is -0.195. The van der Waals surface area contributed by atoms with Crippen LogP contribution in [0.3, 0.4) is 0 Å². The molecule has 0 fully saturated rings. The Labute approximate surface area is 69.3 Å². The quantitative estimate of drug-likeness (QED) is 0.565. The lowest BCUT2D eigenvalue weighted by Crippen LogP contribution is -2.18. The molecule has 1 aromatic carbocycles. The number of rotatable bonds is 0. The van der Waals surface area contributed by atoms with E-state index in [1.807, 2.05) is 0 Å². The molecule has 1 aliphatic rings.